The maximum Gasteiger partial charge on any atom is 0.272 e. The Labute approximate surface area is 122 Å². The minimum absolute atomic E-state index is 0.299. The van der Waals surface area contributed by atoms with Crippen LogP contribution in [0.3, 0.4) is 0 Å². The smallest absolute Gasteiger partial charge is 0.272 e. The summed E-state index contributed by atoms with van der Waals surface area (Å²) >= 11 is 0. The molecule has 21 heavy (non-hydrogen) atoms. The molecule has 0 saturated carbocycles. The monoisotopic (exact) mass is 290 g/mol. The summed E-state index contributed by atoms with van der Waals surface area (Å²) in [6.07, 6.45) is 0. The summed E-state index contributed by atoms with van der Waals surface area (Å²) in [4.78, 5) is 12.1. The van der Waals surface area contributed by atoms with Crippen molar-refractivity contribution in [2.24, 2.45) is 0 Å². The molecule has 6 nitrogen and oxygen atoms in total. The van der Waals surface area contributed by atoms with Gasteiger partial charge in [-0.25, -0.2) is 4.68 Å². The summed E-state index contributed by atoms with van der Waals surface area (Å²) in [5.74, 6) is 0.744. The van der Waals surface area contributed by atoms with Gasteiger partial charge in [0.1, 0.15) is 5.75 Å². The van der Waals surface area contributed by atoms with Gasteiger partial charge >= 0.3 is 0 Å². The van der Waals surface area contributed by atoms with Crippen molar-refractivity contribution in [2.45, 2.75) is 13.2 Å². The number of benzene rings is 1. The van der Waals surface area contributed by atoms with E-state index in [2.05, 4.69) is 5.10 Å². The highest BCUT2D eigenvalue weighted by Gasteiger charge is 2.09. The van der Waals surface area contributed by atoms with Gasteiger partial charge in [0, 0.05) is 18.2 Å². The third-order valence-electron chi connectivity index (χ3n) is 3.11. The lowest BCUT2D eigenvalue weighted by molar-refractivity contribution is 0.181. The molecule has 2 aromatic rings. The Bertz CT molecular complexity index is 650. The molecule has 0 aliphatic heterocycles. The summed E-state index contributed by atoms with van der Waals surface area (Å²) in [5.41, 5.74) is 1.48. The lowest BCUT2D eigenvalue weighted by atomic mass is 10.1. The van der Waals surface area contributed by atoms with E-state index in [0.717, 1.165) is 11.3 Å². The van der Waals surface area contributed by atoms with Crippen LogP contribution in [0.15, 0.2) is 35.1 Å². The molecule has 1 heterocycles. The van der Waals surface area contributed by atoms with E-state index in [1.807, 2.05) is 24.3 Å². The summed E-state index contributed by atoms with van der Waals surface area (Å²) in [6, 6.07) is 8.95. The van der Waals surface area contributed by atoms with E-state index in [4.69, 9.17) is 9.47 Å². The Morgan fingerprint density at radius 1 is 1.24 bits per heavy atom. The van der Waals surface area contributed by atoms with Crippen LogP contribution in [0.1, 0.15) is 5.56 Å². The highest BCUT2D eigenvalue weighted by atomic mass is 16.5. The average molecular weight is 290 g/mol. The molecule has 0 amide bonds. The fourth-order valence-corrected chi connectivity index (χ4v) is 1.94. The molecule has 0 unspecified atom stereocenters. The molecule has 0 aliphatic carbocycles. The molecule has 1 aromatic heterocycles. The van der Waals surface area contributed by atoms with E-state index < -0.39 is 0 Å². The third kappa shape index (κ3) is 3.48. The van der Waals surface area contributed by atoms with Crippen molar-refractivity contribution in [1.82, 2.24) is 9.78 Å². The van der Waals surface area contributed by atoms with Crippen LogP contribution < -0.4 is 10.3 Å². The van der Waals surface area contributed by atoms with Gasteiger partial charge in [-0.2, -0.15) is 5.10 Å². The van der Waals surface area contributed by atoms with E-state index in [0.29, 0.717) is 24.4 Å². The molecule has 1 N–H and O–H groups in total. The van der Waals surface area contributed by atoms with Crippen molar-refractivity contribution >= 4 is 0 Å². The van der Waals surface area contributed by atoms with Crippen LogP contribution in [0, 0.1) is 0 Å². The van der Waals surface area contributed by atoms with Crippen LogP contribution in [0.5, 0.6) is 5.75 Å². The second-order valence-corrected chi connectivity index (χ2v) is 4.46. The summed E-state index contributed by atoms with van der Waals surface area (Å²) < 4.78 is 11.4. The van der Waals surface area contributed by atoms with Crippen LogP contribution in [0.4, 0.5) is 0 Å². The summed E-state index contributed by atoms with van der Waals surface area (Å²) in [7, 11) is 3.16. The maximum absolute atomic E-state index is 12.1. The first-order valence-electron chi connectivity index (χ1n) is 6.55. The summed E-state index contributed by atoms with van der Waals surface area (Å²) in [6.45, 7) is 0.396. The molecule has 1 aromatic carbocycles. The Balaban J connectivity index is 2.44. The Morgan fingerprint density at radius 3 is 2.52 bits per heavy atom. The molecule has 112 valence electrons. The number of rotatable bonds is 6. The van der Waals surface area contributed by atoms with Crippen LogP contribution >= 0.6 is 0 Å². The minimum atomic E-state index is -0.322. The zero-order valence-electron chi connectivity index (χ0n) is 12.1. The first-order valence-corrected chi connectivity index (χ1v) is 6.55. The quantitative estimate of drug-likeness (QED) is 0.861. The second-order valence-electron chi connectivity index (χ2n) is 4.46. The molecule has 6 heteroatoms. The fourth-order valence-electron chi connectivity index (χ4n) is 1.94. The second kappa shape index (κ2) is 7.01. The largest absolute Gasteiger partial charge is 0.497 e. The van der Waals surface area contributed by atoms with Crippen LogP contribution in [0.25, 0.3) is 11.3 Å². The molecule has 0 spiro atoms. The molecular formula is C15H18N2O4. The first kappa shape index (κ1) is 15.2. The standard InChI is InChI=1S/C15H18N2O4/c1-20-8-7-17-15(19)12(10-18)9-14(16-17)11-3-5-13(21-2)6-4-11/h3-6,9,18H,7-8,10H2,1-2H3. The first-order chi connectivity index (χ1) is 10.2. The van der Waals surface area contributed by atoms with Gasteiger partial charge in [-0.05, 0) is 30.3 Å². The lowest BCUT2D eigenvalue weighted by Gasteiger charge is -2.10. The molecule has 0 atom stereocenters. The summed E-state index contributed by atoms with van der Waals surface area (Å²) in [5, 5.41) is 13.6. The van der Waals surface area contributed by atoms with Crippen molar-refractivity contribution in [1.29, 1.82) is 0 Å². The van der Waals surface area contributed by atoms with Crippen molar-refractivity contribution in [2.75, 3.05) is 20.8 Å². The predicted molar refractivity (Wildman–Crippen MR) is 78.3 cm³/mol. The Hall–Kier alpha value is -2.18. The lowest BCUT2D eigenvalue weighted by Crippen LogP contribution is -2.28. The molecule has 0 radical (unpaired) electrons. The number of methoxy groups -OCH3 is 2. The zero-order chi connectivity index (χ0) is 15.2. The average Bonchev–Trinajstić information content (AvgIpc) is 2.54. The number of aliphatic hydroxyl groups excluding tert-OH is 1. The van der Waals surface area contributed by atoms with Crippen molar-refractivity contribution in [3.63, 3.8) is 0 Å². The number of nitrogens with zero attached hydrogens (tertiary/aromatic N) is 2. The molecule has 0 fully saturated rings. The molecular weight excluding hydrogens is 272 g/mol. The van der Waals surface area contributed by atoms with Crippen LogP contribution in [-0.4, -0.2) is 35.7 Å². The van der Waals surface area contributed by atoms with Crippen LogP contribution in [-0.2, 0) is 17.9 Å². The van der Waals surface area contributed by atoms with Crippen molar-refractivity contribution < 1.29 is 14.6 Å². The Kier molecular flexibility index (Phi) is 5.08. The van der Waals surface area contributed by atoms with Gasteiger partial charge in [0.15, 0.2) is 0 Å². The van der Waals surface area contributed by atoms with Crippen molar-refractivity contribution in [3.05, 3.63) is 46.2 Å². The number of aliphatic hydroxyl groups is 1. The van der Waals surface area contributed by atoms with Gasteiger partial charge in [-0.1, -0.05) is 0 Å². The van der Waals surface area contributed by atoms with Gasteiger partial charge in [0.25, 0.3) is 5.56 Å². The number of ether oxygens (including phenoxy) is 2. The van der Waals surface area contributed by atoms with E-state index in [1.165, 1.54) is 4.68 Å². The molecule has 0 aliphatic rings. The number of hydrogen-bond acceptors (Lipinski definition) is 5. The zero-order valence-corrected chi connectivity index (χ0v) is 12.1. The predicted octanol–water partition coefficient (Wildman–Crippen LogP) is 1.06. The van der Waals surface area contributed by atoms with E-state index in [9.17, 15) is 9.90 Å². The molecule has 2 rings (SSSR count). The van der Waals surface area contributed by atoms with E-state index in [-0.39, 0.29) is 12.2 Å². The van der Waals surface area contributed by atoms with Gasteiger partial charge in [-0.15, -0.1) is 0 Å². The minimum Gasteiger partial charge on any atom is -0.497 e. The van der Waals surface area contributed by atoms with Gasteiger partial charge < -0.3 is 14.6 Å². The third-order valence-corrected chi connectivity index (χ3v) is 3.11. The fraction of sp³-hybridized carbons (Fsp3) is 0.333. The molecule has 0 bridgehead atoms. The highest BCUT2D eigenvalue weighted by molar-refractivity contribution is 5.60. The topological polar surface area (TPSA) is 73.6 Å². The van der Waals surface area contributed by atoms with E-state index in [1.54, 1.807) is 20.3 Å². The Morgan fingerprint density at radius 2 is 1.95 bits per heavy atom. The maximum atomic E-state index is 12.1. The van der Waals surface area contributed by atoms with Gasteiger partial charge in [-0.3, -0.25) is 4.79 Å². The van der Waals surface area contributed by atoms with Gasteiger partial charge in [0.2, 0.25) is 0 Å². The van der Waals surface area contributed by atoms with Crippen LogP contribution in [0.2, 0.25) is 0 Å². The SMILES string of the molecule is COCCn1nc(-c2ccc(OC)cc2)cc(CO)c1=O. The molecule has 0 saturated heterocycles. The van der Waals surface area contributed by atoms with E-state index >= 15 is 0 Å². The number of aromatic nitrogens is 2. The van der Waals surface area contributed by atoms with Crippen molar-refractivity contribution in [3.8, 4) is 17.0 Å². The normalized spacial score (nSPS) is 10.6. The van der Waals surface area contributed by atoms with Gasteiger partial charge in [0.05, 0.1) is 32.6 Å². The highest BCUT2D eigenvalue weighted by Crippen LogP contribution is 2.20. The number of hydrogen-bond donors (Lipinski definition) is 1.